The van der Waals surface area contributed by atoms with E-state index in [2.05, 4.69) is 66.7 Å². The Balaban J connectivity index is 1.79. The molecule has 1 fully saturated rings. The highest BCUT2D eigenvalue weighted by Gasteiger charge is 2.20. The Morgan fingerprint density at radius 2 is 2.00 bits per heavy atom. The molecule has 0 heterocycles. The predicted molar refractivity (Wildman–Crippen MR) is 97.0 cm³/mol. The Hall–Kier alpha value is -1.55. The summed E-state index contributed by atoms with van der Waals surface area (Å²) in [5, 5.41) is 6.83. The molecule has 2 rings (SSSR count). The van der Waals surface area contributed by atoms with Crippen molar-refractivity contribution in [2.75, 3.05) is 26.3 Å². The second kappa shape index (κ2) is 9.56. The van der Waals surface area contributed by atoms with Gasteiger partial charge in [0.2, 0.25) is 0 Å². The molecule has 1 saturated carbocycles. The molecule has 0 aromatic heterocycles. The molecule has 2 atom stereocenters. The molecule has 0 aliphatic heterocycles. The second-order valence-corrected chi connectivity index (χ2v) is 6.41. The predicted octanol–water partition coefficient (Wildman–Crippen LogP) is 3.16. The molecule has 1 aromatic carbocycles. The Bertz CT molecular complexity index is 471. The van der Waals surface area contributed by atoms with Crippen molar-refractivity contribution in [2.24, 2.45) is 10.9 Å². The number of nitrogens with one attached hydrogen (secondary N) is 2. The van der Waals surface area contributed by atoms with Gasteiger partial charge in [-0.2, -0.15) is 0 Å². The number of ether oxygens (including phenoxy) is 1. The highest BCUT2D eigenvalue weighted by atomic mass is 16.5. The quantitative estimate of drug-likeness (QED) is 0.418. The average molecular weight is 317 g/mol. The van der Waals surface area contributed by atoms with Crippen LogP contribution in [0.2, 0.25) is 0 Å². The molecule has 0 saturated heterocycles. The zero-order valence-electron chi connectivity index (χ0n) is 14.7. The van der Waals surface area contributed by atoms with Crippen molar-refractivity contribution in [2.45, 2.75) is 45.6 Å². The summed E-state index contributed by atoms with van der Waals surface area (Å²) in [5.41, 5.74) is 1.34. The Kier molecular flexibility index (Phi) is 7.40. The van der Waals surface area contributed by atoms with Crippen molar-refractivity contribution in [1.82, 2.24) is 10.6 Å². The van der Waals surface area contributed by atoms with Gasteiger partial charge in [-0.3, -0.25) is 4.99 Å². The van der Waals surface area contributed by atoms with Crippen LogP contribution < -0.4 is 10.6 Å². The van der Waals surface area contributed by atoms with Crippen LogP contribution in [-0.2, 0) is 4.74 Å². The molecule has 4 heteroatoms. The first-order valence-corrected chi connectivity index (χ1v) is 8.88. The molecule has 23 heavy (non-hydrogen) atoms. The van der Waals surface area contributed by atoms with Crippen molar-refractivity contribution in [3.63, 3.8) is 0 Å². The third-order valence-electron chi connectivity index (χ3n) is 4.34. The lowest BCUT2D eigenvalue weighted by atomic mass is 9.94. The monoisotopic (exact) mass is 317 g/mol. The van der Waals surface area contributed by atoms with E-state index < -0.39 is 0 Å². The minimum Gasteiger partial charge on any atom is -0.379 e. The lowest BCUT2D eigenvalue weighted by Gasteiger charge is -2.24. The van der Waals surface area contributed by atoms with Crippen LogP contribution in [0, 0.1) is 5.92 Å². The van der Waals surface area contributed by atoms with Crippen LogP contribution in [0.5, 0.6) is 0 Å². The molecular weight excluding hydrogens is 286 g/mol. The summed E-state index contributed by atoms with van der Waals surface area (Å²) >= 11 is 0. The number of guanidine groups is 1. The van der Waals surface area contributed by atoms with E-state index >= 15 is 0 Å². The van der Waals surface area contributed by atoms with Gasteiger partial charge in [0.25, 0.3) is 0 Å². The lowest BCUT2D eigenvalue weighted by Crippen LogP contribution is -2.44. The maximum atomic E-state index is 5.65. The van der Waals surface area contributed by atoms with E-state index in [1.165, 1.54) is 18.4 Å². The average Bonchev–Trinajstić information content (AvgIpc) is 3.39. The van der Waals surface area contributed by atoms with Crippen LogP contribution in [0.4, 0.5) is 0 Å². The highest BCUT2D eigenvalue weighted by Crippen LogP contribution is 2.28. The standard InChI is InChI=1S/C19H31N3O/c1-4-20-19(21-12-13-23-14-17-10-11-17)22-16(3)15(2)18-8-6-5-7-9-18/h5-9,15-17H,4,10-14H2,1-3H3,(H2,20,21,22). The lowest BCUT2D eigenvalue weighted by molar-refractivity contribution is 0.131. The van der Waals surface area contributed by atoms with Gasteiger partial charge in [-0.25, -0.2) is 0 Å². The number of nitrogens with zero attached hydrogens (tertiary/aromatic N) is 1. The summed E-state index contributed by atoms with van der Waals surface area (Å²) in [6.45, 7) is 9.71. The van der Waals surface area contributed by atoms with Crippen LogP contribution >= 0.6 is 0 Å². The molecule has 1 aliphatic carbocycles. The number of benzene rings is 1. The van der Waals surface area contributed by atoms with Gasteiger partial charge < -0.3 is 15.4 Å². The van der Waals surface area contributed by atoms with Gasteiger partial charge >= 0.3 is 0 Å². The smallest absolute Gasteiger partial charge is 0.191 e. The van der Waals surface area contributed by atoms with E-state index in [-0.39, 0.29) is 0 Å². The molecule has 128 valence electrons. The van der Waals surface area contributed by atoms with Gasteiger partial charge in [0.05, 0.1) is 13.2 Å². The van der Waals surface area contributed by atoms with E-state index in [4.69, 9.17) is 4.74 Å². The Labute approximate surface area is 140 Å². The van der Waals surface area contributed by atoms with Crippen molar-refractivity contribution in [1.29, 1.82) is 0 Å². The van der Waals surface area contributed by atoms with E-state index in [0.717, 1.165) is 25.0 Å². The van der Waals surface area contributed by atoms with E-state index in [1.54, 1.807) is 0 Å². The Morgan fingerprint density at radius 3 is 2.65 bits per heavy atom. The maximum Gasteiger partial charge on any atom is 0.191 e. The van der Waals surface area contributed by atoms with E-state index in [1.807, 2.05) is 0 Å². The fraction of sp³-hybridized carbons (Fsp3) is 0.632. The van der Waals surface area contributed by atoms with Crippen LogP contribution in [0.15, 0.2) is 35.3 Å². The first kappa shape index (κ1) is 17.8. The molecule has 0 spiro atoms. The topological polar surface area (TPSA) is 45.7 Å². The van der Waals surface area contributed by atoms with Gasteiger partial charge in [0, 0.05) is 25.1 Å². The third-order valence-corrected chi connectivity index (χ3v) is 4.34. The van der Waals surface area contributed by atoms with E-state index in [9.17, 15) is 0 Å². The molecule has 2 N–H and O–H groups in total. The zero-order valence-corrected chi connectivity index (χ0v) is 14.7. The van der Waals surface area contributed by atoms with Gasteiger partial charge in [-0.1, -0.05) is 37.3 Å². The number of hydrogen-bond donors (Lipinski definition) is 2. The normalized spacial score (nSPS) is 17.6. The van der Waals surface area contributed by atoms with Crippen LogP contribution in [-0.4, -0.2) is 38.3 Å². The van der Waals surface area contributed by atoms with Crippen LogP contribution in [0.1, 0.15) is 45.1 Å². The number of aliphatic imine (C=N–C) groups is 1. The summed E-state index contributed by atoms with van der Waals surface area (Å²) in [7, 11) is 0. The van der Waals surface area contributed by atoms with Crippen molar-refractivity contribution >= 4 is 5.96 Å². The first-order chi connectivity index (χ1) is 11.2. The molecule has 4 nitrogen and oxygen atoms in total. The summed E-state index contributed by atoms with van der Waals surface area (Å²) in [4.78, 5) is 4.62. The van der Waals surface area contributed by atoms with Gasteiger partial charge in [0.15, 0.2) is 5.96 Å². The van der Waals surface area contributed by atoms with Crippen molar-refractivity contribution < 1.29 is 4.74 Å². The van der Waals surface area contributed by atoms with Gasteiger partial charge in [-0.05, 0) is 38.2 Å². The Morgan fingerprint density at radius 1 is 1.26 bits per heavy atom. The van der Waals surface area contributed by atoms with Crippen LogP contribution in [0.3, 0.4) is 0 Å². The summed E-state index contributed by atoms with van der Waals surface area (Å²) in [6.07, 6.45) is 2.67. The summed E-state index contributed by atoms with van der Waals surface area (Å²) in [6, 6.07) is 10.9. The van der Waals surface area contributed by atoms with Gasteiger partial charge in [-0.15, -0.1) is 0 Å². The third kappa shape index (κ3) is 6.61. The first-order valence-electron chi connectivity index (χ1n) is 8.88. The van der Waals surface area contributed by atoms with Crippen molar-refractivity contribution in [3.05, 3.63) is 35.9 Å². The molecular formula is C19H31N3O. The molecule has 0 bridgehead atoms. The second-order valence-electron chi connectivity index (χ2n) is 6.41. The number of rotatable bonds is 9. The minimum absolute atomic E-state index is 0.308. The minimum atomic E-state index is 0.308. The molecule has 2 unspecified atom stereocenters. The van der Waals surface area contributed by atoms with Crippen molar-refractivity contribution in [3.8, 4) is 0 Å². The molecule has 1 aromatic rings. The summed E-state index contributed by atoms with van der Waals surface area (Å²) in [5.74, 6) is 2.11. The maximum absolute atomic E-state index is 5.65. The summed E-state index contributed by atoms with van der Waals surface area (Å²) < 4.78 is 5.65. The molecule has 0 amide bonds. The van der Waals surface area contributed by atoms with Gasteiger partial charge in [0.1, 0.15) is 0 Å². The number of hydrogen-bond acceptors (Lipinski definition) is 2. The fourth-order valence-corrected chi connectivity index (χ4v) is 2.46. The SMILES string of the molecule is CCNC(=NCCOCC1CC1)NC(C)C(C)c1ccccc1. The van der Waals surface area contributed by atoms with E-state index in [0.29, 0.717) is 25.1 Å². The molecule has 0 radical (unpaired) electrons. The molecule has 1 aliphatic rings. The largest absolute Gasteiger partial charge is 0.379 e. The fourth-order valence-electron chi connectivity index (χ4n) is 2.46. The highest BCUT2D eigenvalue weighted by molar-refractivity contribution is 5.80. The van der Waals surface area contributed by atoms with Crippen LogP contribution in [0.25, 0.3) is 0 Å². The zero-order chi connectivity index (χ0) is 16.5.